The summed E-state index contributed by atoms with van der Waals surface area (Å²) in [6, 6.07) is 2.58. The lowest BCUT2D eigenvalue weighted by molar-refractivity contribution is -0.138. The molecule has 0 aromatic heterocycles. The lowest BCUT2D eigenvalue weighted by Crippen LogP contribution is -2.30. The van der Waals surface area contributed by atoms with E-state index in [9.17, 15) is 18.3 Å². The highest BCUT2D eigenvalue weighted by Gasteiger charge is 2.40. The van der Waals surface area contributed by atoms with Gasteiger partial charge in [0.05, 0.1) is 24.8 Å². The zero-order chi connectivity index (χ0) is 14.2. The first-order valence-electron chi connectivity index (χ1n) is 6.03. The predicted octanol–water partition coefficient (Wildman–Crippen LogP) is 2.91. The molecule has 1 aromatic carbocycles. The van der Waals surface area contributed by atoms with E-state index in [4.69, 9.17) is 10.5 Å². The molecule has 3 N–H and O–H groups in total. The van der Waals surface area contributed by atoms with E-state index >= 15 is 0 Å². The molecule has 0 amide bonds. The Morgan fingerprint density at radius 3 is 2.40 bits per heavy atom. The van der Waals surface area contributed by atoms with E-state index in [1.807, 2.05) is 0 Å². The van der Waals surface area contributed by atoms with Gasteiger partial charge in [0.25, 0.3) is 0 Å². The van der Waals surface area contributed by atoms with Crippen molar-refractivity contribution in [3.63, 3.8) is 0 Å². The first-order chi connectivity index (χ1) is 8.84. The smallest absolute Gasteiger partial charge is 0.416 e. The minimum atomic E-state index is -4.52. The van der Waals surface area contributed by atoms with Crippen LogP contribution in [0.3, 0.4) is 0 Å². The van der Waals surface area contributed by atoms with Crippen molar-refractivity contribution in [3.05, 3.63) is 29.3 Å². The molecule has 1 aromatic rings. The largest absolute Gasteiger partial charge is 0.497 e. The Hall–Kier alpha value is -0.980. The van der Waals surface area contributed by atoms with Crippen molar-refractivity contribution < 1.29 is 23.0 Å². The van der Waals surface area contributed by atoms with Gasteiger partial charge in [0.1, 0.15) is 5.75 Å². The minimum absolute atomic E-state index is 0. The molecular weight excluding hydrogens is 295 g/mol. The van der Waals surface area contributed by atoms with Gasteiger partial charge in [-0.2, -0.15) is 13.2 Å². The highest BCUT2D eigenvalue weighted by atomic mass is 35.5. The molecule has 0 aliphatic heterocycles. The Labute approximate surface area is 121 Å². The molecule has 0 bridgehead atoms. The van der Waals surface area contributed by atoms with Crippen LogP contribution < -0.4 is 10.5 Å². The fourth-order valence-corrected chi connectivity index (χ4v) is 2.11. The van der Waals surface area contributed by atoms with Gasteiger partial charge in [-0.15, -0.1) is 12.4 Å². The number of alkyl halides is 3. The van der Waals surface area contributed by atoms with Crippen molar-refractivity contribution in [1.82, 2.24) is 0 Å². The standard InChI is InChI=1S/C13H16F3NO2.ClH/c1-19-8-4-5-9(10(6-8)13(14,15)16)11(17)12(18)7-2-3-7;/h4-7,11-12,18H,2-3,17H2,1H3;1H/t11-,12+;/m0./s1. The Bertz CT molecular complexity index is 463. The van der Waals surface area contributed by atoms with Gasteiger partial charge in [-0.05, 0) is 36.5 Å². The van der Waals surface area contributed by atoms with Crippen molar-refractivity contribution in [3.8, 4) is 5.75 Å². The van der Waals surface area contributed by atoms with Crippen LogP contribution in [0.1, 0.15) is 30.0 Å². The van der Waals surface area contributed by atoms with E-state index in [0.717, 1.165) is 18.9 Å². The quantitative estimate of drug-likeness (QED) is 0.899. The molecule has 0 saturated heterocycles. The molecule has 7 heteroatoms. The second kappa shape index (κ2) is 6.20. The van der Waals surface area contributed by atoms with E-state index in [2.05, 4.69) is 0 Å². The van der Waals surface area contributed by atoms with Gasteiger partial charge in [0.2, 0.25) is 0 Å². The van der Waals surface area contributed by atoms with Crippen molar-refractivity contribution in [1.29, 1.82) is 0 Å². The number of methoxy groups -OCH3 is 1. The van der Waals surface area contributed by atoms with Crippen LogP contribution in [0.15, 0.2) is 18.2 Å². The number of ether oxygens (including phenoxy) is 1. The van der Waals surface area contributed by atoms with Gasteiger partial charge in [0.15, 0.2) is 0 Å². The Morgan fingerprint density at radius 1 is 1.35 bits per heavy atom. The van der Waals surface area contributed by atoms with Gasteiger partial charge >= 0.3 is 6.18 Å². The highest BCUT2D eigenvalue weighted by molar-refractivity contribution is 5.85. The molecule has 1 saturated carbocycles. The summed E-state index contributed by atoms with van der Waals surface area (Å²) in [7, 11) is 1.30. The number of benzene rings is 1. The maximum Gasteiger partial charge on any atom is 0.416 e. The first-order valence-corrected chi connectivity index (χ1v) is 6.03. The van der Waals surface area contributed by atoms with Gasteiger partial charge < -0.3 is 15.6 Å². The lowest BCUT2D eigenvalue weighted by Gasteiger charge is -2.23. The molecule has 1 aliphatic rings. The van der Waals surface area contributed by atoms with Crippen LogP contribution in [0, 0.1) is 5.92 Å². The number of hydrogen-bond donors (Lipinski definition) is 2. The third kappa shape index (κ3) is 3.56. The Kier molecular flexibility index (Phi) is 5.29. The Morgan fingerprint density at radius 2 is 1.95 bits per heavy atom. The molecule has 20 heavy (non-hydrogen) atoms. The summed E-state index contributed by atoms with van der Waals surface area (Å²) in [5.74, 6) is 0.127. The first kappa shape index (κ1) is 17.1. The normalized spacial score (nSPS) is 18.1. The molecule has 1 fully saturated rings. The molecule has 3 nitrogen and oxygen atoms in total. The van der Waals surface area contributed by atoms with Crippen LogP contribution in [-0.2, 0) is 6.18 Å². The number of aliphatic hydroxyl groups excluding tert-OH is 1. The Balaban J connectivity index is 0.00000200. The summed E-state index contributed by atoms with van der Waals surface area (Å²) in [6.07, 6.45) is -3.83. The van der Waals surface area contributed by atoms with Gasteiger partial charge in [0, 0.05) is 0 Å². The SMILES string of the molecule is COc1ccc([C@H](N)[C@H](O)C2CC2)c(C(F)(F)F)c1.Cl. The van der Waals surface area contributed by atoms with E-state index in [0.29, 0.717) is 0 Å². The topological polar surface area (TPSA) is 55.5 Å². The zero-order valence-corrected chi connectivity index (χ0v) is 11.7. The van der Waals surface area contributed by atoms with Gasteiger partial charge in [-0.1, -0.05) is 6.07 Å². The van der Waals surface area contributed by atoms with E-state index in [1.54, 1.807) is 0 Å². The maximum atomic E-state index is 13.0. The van der Waals surface area contributed by atoms with Crippen molar-refractivity contribution >= 4 is 12.4 Å². The molecule has 0 spiro atoms. The number of hydrogen-bond acceptors (Lipinski definition) is 3. The zero-order valence-electron chi connectivity index (χ0n) is 10.9. The third-order valence-electron chi connectivity index (χ3n) is 3.40. The summed E-state index contributed by atoms with van der Waals surface area (Å²) in [6.45, 7) is 0. The van der Waals surface area contributed by atoms with Gasteiger partial charge in [-0.3, -0.25) is 0 Å². The average Bonchev–Trinajstić information content (AvgIpc) is 3.19. The monoisotopic (exact) mass is 311 g/mol. The lowest BCUT2D eigenvalue weighted by atomic mass is 9.94. The van der Waals surface area contributed by atoms with Crippen LogP contribution in [0.4, 0.5) is 13.2 Å². The fourth-order valence-electron chi connectivity index (χ4n) is 2.11. The summed E-state index contributed by atoms with van der Waals surface area (Å²) < 4.78 is 43.8. The molecule has 114 valence electrons. The average molecular weight is 312 g/mol. The number of halogens is 4. The molecular formula is C13H17ClF3NO2. The summed E-state index contributed by atoms with van der Waals surface area (Å²) >= 11 is 0. The number of nitrogens with two attached hydrogens (primary N) is 1. The van der Waals surface area contributed by atoms with E-state index in [-0.39, 0.29) is 29.6 Å². The second-order valence-electron chi connectivity index (χ2n) is 4.80. The van der Waals surface area contributed by atoms with Gasteiger partial charge in [-0.25, -0.2) is 0 Å². The van der Waals surface area contributed by atoms with E-state index in [1.165, 1.54) is 19.2 Å². The van der Waals surface area contributed by atoms with Crippen LogP contribution in [-0.4, -0.2) is 18.3 Å². The second-order valence-corrected chi connectivity index (χ2v) is 4.80. The van der Waals surface area contributed by atoms with Crippen LogP contribution in [0.25, 0.3) is 0 Å². The summed E-state index contributed by atoms with van der Waals surface area (Å²) in [5, 5.41) is 9.90. The van der Waals surface area contributed by atoms with Crippen molar-refractivity contribution in [2.45, 2.75) is 31.2 Å². The minimum Gasteiger partial charge on any atom is -0.497 e. The molecule has 0 heterocycles. The van der Waals surface area contributed by atoms with E-state index < -0.39 is 23.9 Å². The van der Waals surface area contributed by atoms with Crippen molar-refractivity contribution in [2.24, 2.45) is 11.7 Å². The number of aliphatic hydroxyl groups is 1. The number of rotatable bonds is 4. The molecule has 2 atom stereocenters. The molecule has 0 radical (unpaired) electrons. The molecule has 2 rings (SSSR count). The van der Waals surface area contributed by atoms with Crippen LogP contribution in [0.5, 0.6) is 5.75 Å². The molecule has 0 unspecified atom stereocenters. The molecule has 1 aliphatic carbocycles. The highest BCUT2D eigenvalue weighted by Crippen LogP contribution is 2.41. The fraction of sp³-hybridized carbons (Fsp3) is 0.538. The summed E-state index contributed by atoms with van der Waals surface area (Å²) in [4.78, 5) is 0. The van der Waals surface area contributed by atoms with Crippen LogP contribution in [0.2, 0.25) is 0 Å². The van der Waals surface area contributed by atoms with Crippen LogP contribution >= 0.6 is 12.4 Å². The third-order valence-corrected chi connectivity index (χ3v) is 3.40. The van der Waals surface area contributed by atoms with Crippen molar-refractivity contribution in [2.75, 3.05) is 7.11 Å². The predicted molar refractivity (Wildman–Crippen MR) is 70.9 cm³/mol. The summed E-state index contributed by atoms with van der Waals surface area (Å²) in [5.41, 5.74) is 4.84. The maximum absolute atomic E-state index is 13.0.